The van der Waals surface area contributed by atoms with Gasteiger partial charge in [0.1, 0.15) is 0 Å². The third-order valence-corrected chi connectivity index (χ3v) is 4.26. The van der Waals surface area contributed by atoms with Gasteiger partial charge in [0.2, 0.25) is 0 Å². The smallest absolute Gasteiger partial charge is 0.264 e. The van der Waals surface area contributed by atoms with Crippen LogP contribution in [0.3, 0.4) is 0 Å². The minimum atomic E-state index is -3.92. The Morgan fingerprint density at radius 1 is 0.944 bits per heavy atom. The molecule has 0 saturated heterocycles. The van der Waals surface area contributed by atoms with Gasteiger partial charge in [-0.25, -0.2) is 0 Å². The van der Waals surface area contributed by atoms with Crippen molar-refractivity contribution in [1.29, 1.82) is 0 Å². The first-order valence-electron chi connectivity index (χ1n) is 6.56. The number of hydrogen-bond donors (Lipinski definition) is 3. The summed E-state index contributed by atoms with van der Waals surface area (Å²) in [5.41, 5.74) is -0.204. The summed E-state index contributed by atoms with van der Waals surface area (Å²) >= 11 is 0. The van der Waals surface area contributed by atoms with Crippen LogP contribution >= 0.6 is 0 Å². The van der Waals surface area contributed by atoms with Crippen molar-refractivity contribution in [2.24, 2.45) is 5.41 Å². The molecule has 0 aliphatic carbocycles. The molecule has 0 aromatic rings. The van der Waals surface area contributed by atoms with E-state index in [0.717, 1.165) is 19.3 Å². The fourth-order valence-corrected chi connectivity index (χ4v) is 2.91. The molecule has 0 heterocycles. The van der Waals surface area contributed by atoms with Crippen molar-refractivity contribution in [3.05, 3.63) is 0 Å². The summed E-state index contributed by atoms with van der Waals surface area (Å²) in [5.74, 6) is -0.252. The molecule has 0 fully saturated rings. The summed E-state index contributed by atoms with van der Waals surface area (Å²) in [4.78, 5) is 0. The summed E-state index contributed by atoms with van der Waals surface area (Å²) < 4.78 is 30.1. The van der Waals surface area contributed by atoms with Gasteiger partial charge >= 0.3 is 0 Å². The molecule has 0 radical (unpaired) electrons. The molecule has 0 aliphatic rings. The van der Waals surface area contributed by atoms with E-state index in [-0.39, 0.29) is 24.4 Å². The van der Waals surface area contributed by atoms with Crippen LogP contribution in [0.5, 0.6) is 0 Å². The van der Waals surface area contributed by atoms with E-state index in [4.69, 9.17) is 14.8 Å². The van der Waals surface area contributed by atoms with Gasteiger partial charge in [0.25, 0.3) is 10.1 Å². The molecule has 110 valence electrons. The topological polar surface area (TPSA) is 94.8 Å². The van der Waals surface area contributed by atoms with Crippen LogP contribution in [0.15, 0.2) is 0 Å². The molecule has 0 saturated carbocycles. The van der Waals surface area contributed by atoms with Crippen molar-refractivity contribution < 1.29 is 23.2 Å². The van der Waals surface area contributed by atoms with Crippen LogP contribution in [0.25, 0.3) is 0 Å². The van der Waals surface area contributed by atoms with Crippen LogP contribution < -0.4 is 0 Å². The Balaban J connectivity index is 4.49. The summed E-state index contributed by atoms with van der Waals surface area (Å²) in [6.07, 6.45) is 4.99. The average Bonchev–Trinajstić information content (AvgIpc) is 2.25. The zero-order valence-corrected chi connectivity index (χ0v) is 12.0. The minimum Gasteiger partial charge on any atom is -0.396 e. The molecule has 0 amide bonds. The highest BCUT2D eigenvalue weighted by Gasteiger charge is 2.28. The molecular formula is C12H26O5S. The summed E-state index contributed by atoms with van der Waals surface area (Å²) in [6, 6.07) is 0. The van der Waals surface area contributed by atoms with E-state index >= 15 is 0 Å². The van der Waals surface area contributed by atoms with Crippen molar-refractivity contribution in [2.45, 2.75) is 51.9 Å². The largest absolute Gasteiger partial charge is 0.396 e. The van der Waals surface area contributed by atoms with E-state index in [1.807, 2.05) is 0 Å². The second kappa shape index (κ2) is 8.85. The third-order valence-electron chi connectivity index (χ3n) is 3.45. The van der Waals surface area contributed by atoms with Gasteiger partial charge in [0.15, 0.2) is 0 Å². The highest BCUT2D eigenvalue weighted by molar-refractivity contribution is 7.85. The molecule has 0 aromatic carbocycles. The van der Waals surface area contributed by atoms with Crippen LogP contribution in [-0.2, 0) is 10.1 Å². The van der Waals surface area contributed by atoms with E-state index in [1.165, 1.54) is 0 Å². The van der Waals surface area contributed by atoms with Crippen LogP contribution in [0.4, 0.5) is 0 Å². The number of aliphatic hydroxyl groups excluding tert-OH is 2. The number of rotatable bonds is 11. The molecule has 0 unspecified atom stereocenters. The molecule has 6 heteroatoms. The van der Waals surface area contributed by atoms with Crippen molar-refractivity contribution >= 4 is 10.1 Å². The normalized spacial score (nSPS) is 12.9. The van der Waals surface area contributed by atoms with E-state index in [9.17, 15) is 8.42 Å². The van der Waals surface area contributed by atoms with E-state index in [1.54, 1.807) is 0 Å². The van der Waals surface area contributed by atoms with Crippen molar-refractivity contribution in [3.8, 4) is 0 Å². The Kier molecular flexibility index (Phi) is 8.77. The van der Waals surface area contributed by atoms with Crippen LogP contribution in [0, 0.1) is 5.41 Å². The van der Waals surface area contributed by atoms with Gasteiger partial charge in [0, 0.05) is 13.2 Å². The van der Waals surface area contributed by atoms with Gasteiger partial charge in [-0.05, 0) is 37.5 Å². The molecule has 0 spiro atoms. The lowest BCUT2D eigenvalue weighted by atomic mass is 9.74. The lowest BCUT2D eigenvalue weighted by Crippen LogP contribution is -2.25. The highest BCUT2D eigenvalue weighted by Crippen LogP contribution is 2.37. The molecule has 5 nitrogen and oxygen atoms in total. The monoisotopic (exact) mass is 282 g/mol. The zero-order chi connectivity index (χ0) is 14.1. The fourth-order valence-electron chi connectivity index (χ4n) is 2.41. The molecule has 3 N–H and O–H groups in total. The number of unbranched alkanes of at least 4 members (excludes halogenated alkanes) is 1. The first kappa shape index (κ1) is 17.8. The average molecular weight is 282 g/mol. The van der Waals surface area contributed by atoms with Gasteiger partial charge in [-0.1, -0.05) is 19.8 Å². The summed E-state index contributed by atoms with van der Waals surface area (Å²) in [6.45, 7) is 2.14. The molecule has 0 aromatic heterocycles. The van der Waals surface area contributed by atoms with Crippen molar-refractivity contribution in [3.63, 3.8) is 0 Å². The number of hydrogen-bond acceptors (Lipinski definition) is 4. The SMILES string of the molecule is CCCCC(CCO)(CCO)CCCS(=O)(=O)O. The fraction of sp³-hybridized carbons (Fsp3) is 1.00. The van der Waals surface area contributed by atoms with Crippen molar-refractivity contribution in [2.75, 3.05) is 19.0 Å². The van der Waals surface area contributed by atoms with Gasteiger partial charge in [-0.3, -0.25) is 4.55 Å². The summed E-state index contributed by atoms with van der Waals surface area (Å²) in [7, 11) is -3.92. The Labute approximate surface area is 110 Å². The zero-order valence-electron chi connectivity index (χ0n) is 11.1. The van der Waals surface area contributed by atoms with E-state index in [0.29, 0.717) is 25.7 Å². The minimum absolute atomic E-state index is 0.0373. The lowest BCUT2D eigenvalue weighted by Gasteiger charge is -2.33. The van der Waals surface area contributed by atoms with E-state index < -0.39 is 10.1 Å². The summed E-state index contributed by atoms with van der Waals surface area (Å²) in [5, 5.41) is 18.3. The van der Waals surface area contributed by atoms with Gasteiger partial charge < -0.3 is 10.2 Å². The van der Waals surface area contributed by atoms with Gasteiger partial charge in [0.05, 0.1) is 5.75 Å². The van der Waals surface area contributed by atoms with Crippen LogP contribution in [0.2, 0.25) is 0 Å². The maximum absolute atomic E-state index is 10.7. The molecule has 0 aliphatic heterocycles. The van der Waals surface area contributed by atoms with Crippen LogP contribution in [0.1, 0.15) is 51.9 Å². The maximum atomic E-state index is 10.7. The van der Waals surface area contributed by atoms with Gasteiger partial charge in [-0.15, -0.1) is 0 Å². The number of aliphatic hydroxyl groups is 2. The van der Waals surface area contributed by atoms with E-state index in [2.05, 4.69) is 6.92 Å². The highest BCUT2D eigenvalue weighted by atomic mass is 32.2. The van der Waals surface area contributed by atoms with Crippen LogP contribution in [-0.4, -0.2) is 42.2 Å². The third kappa shape index (κ3) is 8.02. The quantitative estimate of drug-likeness (QED) is 0.500. The Bertz CT molecular complexity index is 294. The predicted octanol–water partition coefficient (Wildman–Crippen LogP) is 1.60. The van der Waals surface area contributed by atoms with Gasteiger partial charge in [-0.2, -0.15) is 8.42 Å². The molecule has 18 heavy (non-hydrogen) atoms. The Morgan fingerprint density at radius 2 is 1.44 bits per heavy atom. The maximum Gasteiger partial charge on any atom is 0.264 e. The molecular weight excluding hydrogens is 256 g/mol. The predicted molar refractivity (Wildman–Crippen MR) is 71.0 cm³/mol. The van der Waals surface area contributed by atoms with Crippen molar-refractivity contribution in [1.82, 2.24) is 0 Å². The lowest BCUT2D eigenvalue weighted by molar-refractivity contribution is 0.111. The Hall–Kier alpha value is -0.170. The Morgan fingerprint density at radius 3 is 1.83 bits per heavy atom. The molecule has 0 atom stereocenters. The first-order valence-corrected chi connectivity index (χ1v) is 8.17. The molecule has 0 rings (SSSR count). The second-order valence-corrected chi connectivity index (χ2v) is 6.51. The first-order chi connectivity index (χ1) is 8.39. The molecule has 0 bridgehead atoms. The second-order valence-electron chi connectivity index (χ2n) is 4.94. The standard InChI is InChI=1S/C12H26O5S/c1-2-3-5-12(7-9-13,8-10-14)6-4-11-18(15,16)17/h13-14H,2-11H2,1H3,(H,15,16,17).